The van der Waals surface area contributed by atoms with E-state index in [2.05, 4.69) is 27.4 Å². The summed E-state index contributed by atoms with van der Waals surface area (Å²) in [6, 6.07) is 5.34. The molecule has 2 rings (SSSR count). The van der Waals surface area contributed by atoms with Gasteiger partial charge in [-0.25, -0.2) is 0 Å². The van der Waals surface area contributed by atoms with E-state index >= 15 is 0 Å². The minimum Gasteiger partial charge on any atom is -0.345 e. The first-order valence-corrected chi connectivity index (χ1v) is 6.71. The number of H-pyrrole nitrogens is 1. The molecule has 0 fully saturated rings. The van der Waals surface area contributed by atoms with Crippen LogP contribution >= 0.6 is 0 Å². The number of hydrogen-bond acceptors (Lipinski definition) is 3. The highest BCUT2D eigenvalue weighted by molar-refractivity contribution is 5.94. The standard InChI is InChI=1S/C16H18N4O/c1-11-8-14(6-5-13(11)4-3-7-17)16(21)20-12(2)15-9-18-19-10-15/h5-6,8-10,12H,7,17H2,1-2H3,(H,18,19)(H,20,21). The van der Waals surface area contributed by atoms with Gasteiger partial charge in [-0.15, -0.1) is 0 Å². The van der Waals surface area contributed by atoms with Crippen molar-refractivity contribution in [1.82, 2.24) is 15.5 Å². The molecule has 0 radical (unpaired) electrons. The van der Waals surface area contributed by atoms with Crippen molar-refractivity contribution in [3.8, 4) is 11.8 Å². The molecular formula is C16H18N4O. The lowest BCUT2D eigenvalue weighted by Gasteiger charge is -2.12. The van der Waals surface area contributed by atoms with Gasteiger partial charge in [0.1, 0.15) is 0 Å². The number of carbonyl (C=O) groups excluding carboxylic acids is 1. The van der Waals surface area contributed by atoms with Gasteiger partial charge in [0.2, 0.25) is 0 Å². The van der Waals surface area contributed by atoms with Gasteiger partial charge in [-0.3, -0.25) is 9.89 Å². The molecule has 4 N–H and O–H groups in total. The fourth-order valence-electron chi connectivity index (χ4n) is 1.95. The maximum Gasteiger partial charge on any atom is 0.251 e. The number of rotatable bonds is 3. The van der Waals surface area contributed by atoms with Crippen molar-refractivity contribution in [3.63, 3.8) is 0 Å². The van der Waals surface area contributed by atoms with Gasteiger partial charge < -0.3 is 11.1 Å². The SMILES string of the molecule is Cc1cc(C(=O)NC(C)c2cn[nH]c2)ccc1C#CCN. The molecule has 0 saturated heterocycles. The van der Waals surface area contributed by atoms with E-state index in [1.807, 2.05) is 26.0 Å². The van der Waals surface area contributed by atoms with Gasteiger partial charge >= 0.3 is 0 Å². The second-order valence-electron chi connectivity index (χ2n) is 4.76. The van der Waals surface area contributed by atoms with Crippen molar-refractivity contribution in [2.24, 2.45) is 5.73 Å². The predicted molar refractivity (Wildman–Crippen MR) is 81.6 cm³/mol. The Labute approximate surface area is 123 Å². The zero-order valence-corrected chi connectivity index (χ0v) is 12.1. The van der Waals surface area contributed by atoms with E-state index in [4.69, 9.17) is 5.73 Å². The molecule has 0 spiro atoms. The molecule has 5 nitrogen and oxygen atoms in total. The Morgan fingerprint density at radius 3 is 2.95 bits per heavy atom. The number of nitrogens with two attached hydrogens (primary N) is 1. The maximum absolute atomic E-state index is 12.2. The van der Waals surface area contributed by atoms with Gasteiger partial charge in [0.15, 0.2) is 0 Å². The smallest absolute Gasteiger partial charge is 0.251 e. The first-order chi connectivity index (χ1) is 10.1. The van der Waals surface area contributed by atoms with Gasteiger partial charge in [-0.2, -0.15) is 5.10 Å². The Kier molecular flexibility index (Phi) is 4.75. The Balaban J connectivity index is 2.11. The van der Waals surface area contributed by atoms with Crippen LogP contribution in [0.5, 0.6) is 0 Å². The number of carbonyl (C=O) groups is 1. The molecule has 108 valence electrons. The van der Waals surface area contributed by atoms with Crippen LogP contribution in [0.3, 0.4) is 0 Å². The molecule has 5 heteroatoms. The molecule has 0 aliphatic rings. The van der Waals surface area contributed by atoms with Crippen LogP contribution in [0.2, 0.25) is 0 Å². The Morgan fingerprint density at radius 1 is 1.52 bits per heavy atom. The van der Waals surface area contributed by atoms with E-state index in [0.29, 0.717) is 12.1 Å². The molecule has 0 aliphatic heterocycles. The Morgan fingerprint density at radius 2 is 2.33 bits per heavy atom. The van der Waals surface area contributed by atoms with Crippen molar-refractivity contribution in [2.75, 3.05) is 6.54 Å². The van der Waals surface area contributed by atoms with E-state index in [9.17, 15) is 4.79 Å². The number of aryl methyl sites for hydroxylation is 1. The van der Waals surface area contributed by atoms with E-state index in [1.54, 1.807) is 18.5 Å². The molecule has 1 heterocycles. The van der Waals surface area contributed by atoms with Crippen LogP contribution in [0.15, 0.2) is 30.6 Å². The summed E-state index contributed by atoms with van der Waals surface area (Å²) in [5, 5.41) is 9.54. The summed E-state index contributed by atoms with van der Waals surface area (Å²) in [5.74, 6) is 5.67. The van der Waals surface area contributed by atoms with Crippen molar-refractivity contribution in [2.45, 2.75) is 19.9 Å². The summed E-state index contributed by atoms with van der Waals surface area (Å²) >= 11 is 0. The number of hydrogen-bond donors (Lipinski definition) is 3. The average Bonchev–Trinajstić information content (AvgIpc) is 3.00. The second-order valence-corrected chi connectivity index (χ2v) is 4.76. The third-order valence-corrected chi connectivity index (χ3v) is 3.18. The van der Waals surface area contributed by atoms with Crippen LogP contribution in [-0.4, -0.2) is 22.6 Å². The molecule has 1 aromatic heterocycles. The summed E-state index contributed by atoms with van der Waals surface area (Å²) in [7, 11) is 0. The topological polar surface area (TPSA) is 83.8 Å². The fraction of sp³-hybridized carbons (Fsp3) is 0.250. The highest BCUT2D eigenvalue weighted by Crippen LogP contribution is 2.13. The summed E-state index contributed by atoms with van der Waals surface area (Å²) in [5.41, 5.74) is 8.75. The van der Waals surface area contributed by atoms with Crippen molar-refractivity contribution in [3.05, 3.63) is 52.8 Å². The summed E-state index contributed by atoms with van der Waals surface area (Å²) in [6.45, 7) is 4.16. The monoisotopic (exact) mass is 282 g/mol. The normalized spacial score (nSPS) is 11.4. The van der Waals surface area contributed by atoms with Crippen molar-refractivity contribution in [1.29, 1.82) is 0 Å². The second kappa shape index (κ2) is 6.73. The lowest BCUT2D eigenvalue weighted by Crippen LogP contribution is -2.26. The number of aromatic nitrogens is 2. The molecule has 0 bridgehead atoms. The first-order valence-electron chi connectivity index (χ1n) is 6.71. The predicted octanol–water partition coefficient (Wildman–Crippen LogP) is 1.52. The number of nitrogens with one attached hydrogen (secondary N) is 2. The number of nitrogens with zero attached hydrogens (tertiary/aromatic N) is 1. The van der Waals surface area contributed by atoms with Gasteiger partial charge in [0.05, 0.1) is 18.8 Å². The zero-order chi connectivity index (χ0) is 15.2. The minimum atomic E-state index is -0.120. The van der Waals surface area contributed by atoms with Crippen LogP contribution in [0.25, 0.3) is 0 Å². The average molecular weight is 282 g/mol. The number of benzene rings is 1. The zero-order valence-electron chi connectivity index (χ0n) is 12.1. The molecule has 1 atom stereocenters. The molecule has 0 aliphatic carbocycles. The van der Waals surface area contributed by atoms with Crippen molar-refractivity contribution >= 4 is 5.91 Å². The molecule has 1 aromatic carbocycles. The fourth-order valence-corrected chi connectivity index (χ4v) is 1.95. The number of aromatic amines is 1. The molecule has 0 saturated carbocycles. The number of amides is 1. The van der Waals surface area contributed by atoms with E-state index in [-0.39, 0.29) is 11.9 Å². The largest absolute Gasteiger partial charge is 0.345 e. The van der Waals surface area contributed by atoms with E-state index < -0.39 is 0 Å². The molecular weight excluding hydrogens is 264 g/mol. The third-order valence-electron chi connectivity index (χ3n) is 3.18. The summed E-state index contributed by atoms with van der Waals surface area (Å²) < 4.78 is 0. The van der Waals surface area contributed by atoms with Gasteiger partial charge in [-0.1, -0.05) is 11.8 Å². The van der Waals surface area contributed by atoms with E-state index in [1.165, 1.54) is 0 Å². The Hall–Kier alpha value is -2.58. The molecule has 1 unspecified atom stereocenters. The maximum atomic E-state index is 12.2. The lowest BCUT2D eigenvalue weighted by atomic mass is 10.0. The van der Waals surface area contributed by atoms with Crippen LogP contribution in [0.1, 0.15) is 40.0 Å². The van der Waals surface area contributed by atoms with Crippen LogP contribution < -0.4 is 11.1 Å². The highest BCUT2D eigenvalue weighted by atomic mass is 16.1. The lowest BCUT2D eigenvalue weighted by molar-refractivity contribution is 0.0940. The third kappa shape index (κ3) is 3.71. The van der Waals surface area contributed by atoms with E-state index in [0.717, 1.165) is 16.7 Å². The summed E-state index contributed by atoms with van der Waals surface area (Å²) in [6.07, 6.45) is 3.46. The van der Waals surface area contributed by atoms with Crippen molar-refractivity contribution < 1.29 is 4.79 Å². The Bertz CT molecular complexity index is 680. The quantitative estimate of drug-likeness (QED) is 0.746. The van der Waals surface area contributed by atoms with Gasteiger partial charge in [0.25, 0.3) is 5.91 Å². The first kappa shape index (κ1) is 14.8. The minimum absolute atomic E-state index is 0.103. The van der Waals surface area contributed by atoms with Crippen LogP contribution in [0.4, 0.5) is 0 Å². The molecule has 2 aromatic rings. The summed E-state index contributed by atoms with van der Waals surface area (Å²) in [4.78, 5) is 12.2. The van der Waals surface area contributed by atoms with Gasteiger partial charge in [-0.05, 0) is 37.6 Å². The van der Waals surface area contributed by atoms with Crippen LogP contribution in [0, 0.1) is 18.8 Å². The molecule has 21 heavy (non-hydrogen) atoms. The highest BCUT2D eigenvalue weighted by Gasteiger charge is 2.12. The molecule has 1 amide bonds. The van der Waals surface area contributed by atoms with Gasteiger partial charge in [0, 0.05) is 22.9 Å². The van der Waals surface area contributed by atoms with Crippen LogP contribution in [-0.2, 0) is 0 Å².